The van der Waals surface area contributed by atoms with Crippen molar-refractivity contribution in [3.63, 3.8) is 0 Å². The second-order valence-electron chi connectivity index (χ2n) is 2.53. The zero-order chi connectivity index (χ0) is 9.14. The molecule has 0 aromatic heterocycles. The largest absolute Gasteiger partial charge is 0.479 e. The smallest absolute Gasteiger partial charge is 0.334 e. The minimum absolute atomic E-state index is 0.107. The first-order chi connectivity index (χ1) is 5.61. The van der Waals surface area contributed by atoms with E-state index in [4.69, 9.17) is 21.0 Å². The van der Waals surface area contributed by atoms with E-state index in [9.17, 15) is 4.79 Å². The predicted octanol–water partition coefficient (Wildman–Crippen LogP) is -1.33. The normalized spacial score (nSPS) is 23.7. The maximum atomic E-state index is 10.5. The van der Waals surface area contributed by atoms with Crippen LogP contribution in [0.4, 0.5) is 0 Å². The average molecular weight is 173 g/mol. The van der Waals surface area contributed by atoms with E-state index >= 15 is 0 Å². The molecule has 1 aliphatic heterocycles. The molecule has 0 aromatic carbocycles. The Morgan fingerprint density at radius 2 is 2.42 bits per heavy atom. The summed E-state index contributed by atoms with van der Waals surface area (Å²) in [4.78, 5) is 11.9. The van der Waals surface area contributed by atoms with E-state index < -0.39 is 12.1 Å². The molecular formula is C6H11N3O3. The van der Waals surface area contributed by atoms with Gasteiger partial charge in [-0.05, 0) is 0 Å². The van der Waals surface area contributed by atoms with E-state index in [1.54, 1.807) is 0 Å². The van der Waals surface area contributed by atoms with Crippen molar-refractivity contribution in [1.82, 2.24) is 4.90 Å². The fourth-order valence-corrected chi connectivity index (χ4v) is 1.02. The molecule has 1 heterocycles. The number of guanidine groups is 1. The Balaban J connectivity index is 2.51. The van der Waals surface area contributed by atoms with Gasteiger partial charge in [0.25, 0.3) is 0 Å². The molecule has 68 valence electrons. The number of carbonyl (C=O) groups is 1. The summed E-state index contributed by atoms with van der Waals surface area (Å²) in [5.41, 5.74) is 5.19. The van der Waals surface area contributed by atoms with Gasteiger partial charge in [0.1, 0.15) is 0 Å². The highest BCUT2D eigenvalue weighted by Gasteiger charge is 2.26. The van der Waals surface area contributed by atoms with Crippen LogP contribution in [0, 0.1) is 5.41 Å². The molecule has 1 saturated heterocycles. The highest BCUT2D eigenvalue weighted by atomic mass is 16.5. The van der Waals surface area contributed by atoms with Crippen molar-refractivity contribution in [3.05, 3.63) is 0 Å². The second kappa shape index (κ2) is 3.40. The van der Waals surface area contributed by atoms with Gasteiger partial charge in [-0.3, -0.25) is 5.41 Å². The predicted molar refractivity (Wildman–Crippen MR) is 40.9 cm³/mol. The van der Waals surface area contributed by atoms with Gasteiger partial charge in [0.05, 0.1) is 13.2 Å². The third-order valence-electron chi connectivity index (χ3n) is 1.68. The van der Waals surface area contributed by atoms with E-state index in [0.717, 1.165) is 0 Å². The van der Waals surface area contributed by atoms with E-state index in [1.165, 1.54) is 4.90 Å². The van der Waals surface area contributed by atoms with E-state index in [0.29, 0.717) is 13.2 Å². The monoisotopic (exact) mass is 173 g/mol. The lowest BCUT2D eigenvalue weighted by atomic mass is 10.3. The molecule has 1 aliphatic rings. The fourth-order valence-electron chi connectivity index (χ4n) is 1.02. The van der Waals surface area contributed by atoms with Crippen LogP contribution in [0.15, 0.2) is 0 Å². The highest BCUT2D eigenvalue weighted by Crippen LogP contribution is 2.03. The second-order valence-corrected chi connectivity index (χ2v) is 2.53. The van der Waals surface area contributed by atoms with Crippen LogP contribution in [0.5, 0.6) is 0 Å². The molecule has 0 spiro atoms. The molecule has 0 radical (unpaired) electrons. The number of morpholine rings is 1. The number of hydrogen-bond acceptors (Lipinski definition) is 3. The van der Waals surface area contributed by atoms with Crippen molar-refractivity contribution in [2.45, 2.75) is 6.10 Å². The summed E-state index contributed by atoms with van der Waals surface area (Å²) >= 11 is 0. The van der Waals surface area contributed by atoms with Gasteiger partial charge in [0, 0.05) is 6.54 Å². The third-order valence-corrected chi connectivity index (χ3v) is 1.68. The zero-order valence-corrected chi connectivity index (χ0v) is 6.49. The molecule has 1 rings (SSSR count). The average Bonchev–Trinajstić information content (AvgIpc) is 2.04. The standard InChI is InChI=1S/C6H11N3O3/c7-6(8)9-1-2-12-4(3-9)5(10)11/h4H,1-3H2,(H3,7,8)(H,10,11). The van der Waals surface area contributed by atoms with E-state index in [1.807, 2.05) is 0 Å². The van der Waals surface area contributed by atoms with Crippen molar-refractivity contribution < 1.29 is 14.6 Å². The molecule has 0 bridgehead atoms. The van der Waals surface area contributed by atoms with Crippen LogP contribution < -0.4 is 5.73 Å². The number of nitrogens with one attached hydrogen (secondary N) is 1. The summed E-state index contributed by atoms with van der Waals surface area (Å²) in [6.45, 7) is 0.945. The minimum Gasteiger partial charge on any atom is -0.479 e. The van der Waals surface area contributed by atoms with Crippen molar-refractivity contribution in [2.75, 3.05) is 19.7 Å². The maximum Gasteiger partial charge on any atom is 0.334 e. The summed E-state index contributed by atoms with van der Waals surface area (Å²) in [5, 5.41) is 15.6. The number of carboxylic acid groups (broad SMARTS) is 1. The van der Waals surface area contributed by atoms with Crippen molar-refractivity contribution >= 4 is 11.9 Å². The molecule has 0 amide bonds. The Morgan fingerprint density at radius 3 is 2.92 bits per heavy atom. The lowest BCUT2D eigenvalue weighted by Gasteiger charge is -2.30. The van der Waals surface area contributed by atoms with Crippen LogP contribution in [0.3, 0.4) is 0 Å². The van der Waals surface area contributed by atoms with E-state index in [2.05, 4.69) is 0 Å². The lowest BCUT2D eigenvalue weighted by Crippen LogP contribution is -2.50. The number of hydrogen-bond donors (Lipinski definition) is 3. The van der Waals surface area contributed by atoms with Crippen LogP contribution in [0.2, 0.25) is 0 Å². The number of ether oxygens (including phenoxy) is 1. The number of nitrogens with two attached hydrogens (primary N) is 1. The Morgan fingerprint density at radius 1 is 1.75 bits per heavy atom. The molecular weight excluding hydrogens is 162 g/mol. The highest BCUT2D eigenvalue weighted by molar-refractivity contribution is 5.77. The first-order valence-electron chi connectivity index (χ1n) is 3.54. The molecule has 0 aromatic rings. The minimum atomic E-state index is -1.01. The number of nitrogens with zero attached hydrogens (tertiary/aromatic N) is 1. The van der Waals surface area contributed by atoms with Crippen LogP contribution in [0.25, 0.3) is 0 Å². The fraction of sp³-hybridized carbons (Fsp3) is 0.667. The third kappa shape index (κ3) is 1.85. The van der Waals surface area contributed by atoms with Crippen LogP contribution in [-0.2, 0) is 9.53 Å². The zero-order valence-electron chi connectivity index (χ0n) is 6.49. The summed E-state index contributed by atoms with van der Waals surface area (Å²) < 4.78 is 4.93. The quantitative estimate of drug-likeness (QED) is 0.337. The number of rotatable bonds is 1. The van der Waals surface area contributed by atoms with Crippen molar-refractivity contribution in [2.24, 2.45) is 5.73 Å². The van der Waals surface area contributed by atoms with Crippen LogP contribution in [0.1, 0.15) is 0 Å². The first-order valence-corrected chi connectivity index (χ1v) is 3.54. The molecule has 0 saturated carbocycles. The maximum absolute atomic E-state index is 10.5. The Hall–Kier alpha value is -1.30. The molecule has 1 atom stereocenters. The van der Waals surface area contributed by atoms with Gasteiger partial charge in [0.15, 0.2) is 12.1 Å². The summed E-state index contributed by atoms with van der Waals surface area (Å²) in [5.74, 6) is -1.12. The Bertz CT molecular complexity index is 186. The molecule has 6 nitrogen and oxygen atoms in total. The van der Waals surface area contributed by atoms with Crippen molar-refractivity contribution in [3.8, 4) is 0 Å². The summed E-state index contributed by atoms with van der Waals surface area (Å²) in [6.07, 6.45) is -0.859. The van der Waals surface area contributed by atoms with Crippen molar-refractivity contribution in [1.29, 1.82) is 5.41 Å². The number of aliphatic carboxylic acids is 1. The summed E-state index contributed by atoms with van der Waals surface area (Å²) in [7, 11) is 0. The molecule has 0 aliphatic carbocycles. The Labute approximate surface area is 69.4 Å². The van der Waals surface area contributed by atoms with Gasteiger partial charge in [-0.25, -0.2) is 4.79 Å². The SMILES string of the molecule is N=C(N)N1CCOC(C(=O)O)C1. The van der Waals surface area contributed by atoms with Gasteiger partial charge in [-0.15, -0.1) is 0 Å². The molecule has 1 unspecified atom stereocenters. The first kappa shape index (κ1) is 8.79. The topological polar surface area (TPSA) is 99.6 Å². The van der Waals surface area contributed by atoms with Gasteiger partial charge >= 0.3 is 5.97 Å². The molecule has 6 heteroatoms. The summed E-state index contributed by atoms with van der Waals surface area (Å²) in [6, 6.07) is 0. The van der Waals surface area contributed by atoms with Gasteiger partial charge < -0.3 is 20.5 Å². The van der Waals surface area contributed by atoms with Crippen LogP contribution in [-0.4, -0.2) is 47.7 Å². The van der Waals surface area contributed by atoms with Gasteiger partial charge in [0.2, 0.25) is 0 Å². The van der Waals surface area contributed by atoms with E-state index in [-0.39, 0.29) is 12.5 Å². The van der Waals surface area contributed by atoms with Gasteiger partial charge in [-0.1, -0.05) is 0 Å². The van der Waals surface area contributed by atoms with Crippen LogP contribution >= 0.6 is 0 Å². The molecule has 4 N–H and O–H groups in total. The Kier molecular flexibility index (Phi) is 2.49. The molecule has 12 heavy (non-hydrogen) atoms. The van der Waals surface area contributed by atoms with Gasteiger partial charge in [-0.2, -0.15) is 0 Å². The molecule has 1 fully saturated rings. The lowest BCUT2D eigenvalue weighted by molar-refractivity contribution is -0.154. The number of carboxylic acids is 1.